The molecule has 1 aromatic rings. The van der Waals surface area contributed by atoms with Gasteiger partial charge in [0.25, 0.3) is 0 Å². The summed E-state index contributed by atoms with van der Waals surface area (Å²) in [5.41, 5.74) is 0.863. The number of benzene rings is 1. The van der Waals surface area contributed by atoms with Gasteiger partial charge in [0.05, 0.1) is 7.11 Å². The van der Waals surface area contributed by atoms with Crippen LogP contribution in [0.4, 0.5) is 0 Å². The van der Waals surface area contributed by atoms with Crippen LogP contribution in [0, 0.1) is 19.4 Å². The zero-order valence-corrected chi connectivity index (χ0v) is 15.3. The van der Waals surface area contributed by atoms with Crippen molar-refractivity contribution in [2.75, 3.05) is 13.7 Å². The second kappa shape index (κ2) is 16.7. The first-order chi connectivity index (χ1) is 11.3. The Morgan fingerprint density at radius 2 is 1.50 bits per heavy atom. The number of methoxy groups -OCH3 is 1. The summed E-state index contributed by atoms with van der Waals surface area (Å²) in [7, 11) is 1.61. The fourth-order valence-corrected chi connectivity index (χ4v) is 2.88. The minimum atomic E-state index is -1.36. The maximum atomic E-state index is 11.3. The average molecular weight is 391 g/mol. The van der Waals surface area contributed by atoms with Gasteiger partial charge in [-0.05, 0) is 12.1 Å². The van der Waals surface area contributed by atoms with E-state index in [4.69, 9.17) is 18.2 Å². The van der Waals surface area contributed by atoms with Gasteiger partial charge in [0.2, 0.25) is 0 Å². The quantitative estimate of drug-likeness (QED) is 0.441. The van der Waals surface area contributed by atoms with Crippen molar-refractivity contribution in [3.63, 3.8) is 0 Å². The number of hydrogen-bond donors (Lipinski definition) is 0. The van der Waals surface area contributed by atoms with E-state index in [1.54, 1.807) is 7.11 Å². The molecule has 2 aliphatic rings. The van der Waals surface area contributed by atoms with Gasteiger partial charge in [0.1, 0.15) is 5.75 Å². The van der Waals surface area contributed by atoms with Crippen molar-refractivity contribution < 1.29 is 39.5 Å². The third-order valence-electron chi connectivity index (χ3n) is 3.17. The molecule has 5 nitrogen and oxygen atoms in total. The Labute approximate surface area is 156 Å². The molecule has 7 heteroatoms. The maximum Gasteiger partial charge on any atom is 2.00 e. The monoisotopic (exact) mass is 391 g/mol. The molecule has 1 fully saturated rings. The Kier molecular flexibility index (Phi) is 17.5. The number of ether oxygens (including phenoxy) is 1. The summed E-state index contributed by atoms with van der Waals surface area (Å²) in [5, 5.41) is 0. The molecule has 1 aliphatic heterocycles. The van der Waals surface area contributed by atoms with Gasteiger partial charge in [-0.25, -0.2) is 10.3 Å². The number of rotatable bonds is 2. The van der Waals surface area contributed by atoms with Crippen molar-refractivity contribution in [1.29, 1.82) is 0 Å². The Bertz CT molecular complexity index is 519. The van der Waals surface area contributed by atoms with Gasteiger partial charge in [-0.15, -0.1) is 12.1 Å². The first-order valence-electron chi connectivity index (χ1n) is 7.02. The minimum absolute atomic E-state index is 0. The molecule has 3 rings (SSSR count). The van der Waals surface area contributed by atoms with Crippen molar-refractivity contribution in [2.45, 2.75) is 32.1 Å². The molecule has 1 aliphatic carbocycles. The van der Waals surface area contributed by atoms with E-state index in [9.17, 15) is 4.21 Å². The molecular formula is C17H19FeO5S+. The minimum Gasteiger partial charge on any atom is 2.00 e. The summed E-state index contributed by atoms with van der Waals surface area (Å²) >= 11 is -1.36. The normalized spacial score (nSPS) is 17.2. The third kappa shape index (κ3) is 9.23. The molecule has 130 valence electrons. The van der Waals surface area contributed by atoms with E-state index in [0.29, 0.717) is 11.5 Å². The SMILES string of the molecule is C1CCCC1.COc1ccc(C2=[C-]COS2=O)cc1.[C-]#[O+].[C-]#[O+].[Fe+2]. The largest absolute Gasteiger partial charge is 2.00 e. The summed E-state index contributed by atoms with van der Waals surface area (Å²) < 4.78 is 36.2. The number of hydrogen-bond acceptors (Lipinski definition) is 3. The Morgan fingerprint density at radius 3 is 1.83 bits per heavy atom. The van der Waals surface area contributed by atoms with Gasteiger partial charge < -0.3 is 8.92 Å². The van der Waals surface area contributed by atoms with Crippen LogP contribution in [-0.4, -0.2) is 17.9 Å². The molecule has 1 atom stereocenters. The van der Waals surface area contributed by atoms with Gasteiger partial charge in [0.15, 0.2) is 11.1 Å². The standard InChI is InChI=1S/C10H9O3S.C5H10.2CO.Fe/c1-12-9-4-2-8(3-5-9)10-6-7-13-14(10)11;1-2-4-5-3-1;2*1-2;/h2-5H,7H2,1H3;1-5H2;;;/q-1;;;;+2. The maximum absolute atomic E-state index is 11.3. The van der Waals surface area contributed by atoms with E-state index in [2.05, 4.69) is 19.4 Å². The smallest absolute Gasteiger partial charge is 2.00 e. The van der Waals surface area contributed by atoms with Crippen LogP contribution >= 0.6 is 0 Å². The Morgan fingerprint density at radius 1 is 1.04 bits per heavy atom. The zero-order chi connectivity index (χ0) is 17.5. The molecule has 0 spiro atoms. The molecular weight excluding hydrogens is 372 g/mol. The fraction of sp³-hybridized carbons (Fsp3) is 0.412. The topological polar surface area (TPSA) is 75.3 Å². The van der Waals surface area contributed by atoms with Gasteiger partial charge in [-0.3, -0.25) is 0 Å². The second-order valence-corrected chi connectivity index (χ2v) is 5.61. The predicted octanol–water partition coefficient (Wildman–Crippen LogP) is 3.41. The molecule has 0 aromatic heterocycles. The molecule has 24 heavy (non-hydrogen) atoms. The summed E-state index contributed by atoms with van der Waals surface area (Å²) in [4.78, 5) is 0.618. The van der Waals surface area contributed by atoms with Gasteiger partial charge in [0, 0.05) is 6.61 Å². The van der Waals surface area contributed by atoms with Crippen LogP contribution in [0.5, 0.6) is 5.75 Å². The van der Waals surface area contributed by atoms with Gasteiger partial charge >= 0.3 is 39.7 Å². The third-order valence-corrected chi connectivity index (χ3v) is 4.21. The van der Waals surface area contributed by atoms with Gasteiger partial charge in [-0.2, -0.15) is 5.56 Å². The zero-order valence-electron chi connectivity index (χ0n) is 13.4. The molecule has 1 saturated carbocycles. The summed E-state index contributed by atoms with van der Waals surface area (Å²) in [6, 6.07) is 7.32. The average Bonchev–Trinajstić information content (AvgIpc) is 3.33. The van der Waals surface area contributed by atoms with Crippen LogP contribution in [-0.2, 0) is 41.6 Å². The molecule has 1 aromatic carbocycles. The predicted molar refractivity (Wildman–Crippen MR) is 84.7 cm³/mol. The molecule has 0 radical (unpaired) electrons. The Balaban J connectivity index is 0. The molecule has 0 saturated heterocycles. The van der Waals surface area contributed by atoms with Crippen molar-refractivity contribution >= 4 is 16.0 Å². The first-order valence-corrected chi connectivity index (χ1v) is 8.10. The van der Waals surface area contributed by atoms with Gasteiger partial charge in [-0.1, -0.05) is 37.0 Å². The van der Waals surface area contributed by atoms with E-state index >= 15 is 0 Å². The van der Waals surface area contributed by atoms with E-state index in [1.165, 1.54) is 32.1 Å². The molecule has 0 amide bonds. The van der Waals surface area contributed by atoms with E-state index in [-0.39, 0.29) is 17.1 Å². The van der Waals surface area contributed by atoms with Crippen molar-refractivity contribution in [2.24, 2.45) is 0 Å². The van der Waals surface area contributed by atoms with Crippen LogP contribution in [0.2, 0.25) is 0 Å². The summed E-state index contributed by atoms with van der Waals surface area (Å²) in [6.45, 7) is 9.30. The summed E-state index contributed by atoms with van der Waals surface area (Å²) in [6.07, 6.45) is 10.4. The van der Waals surface area contributed by atoms with Crippen LogP contribution in [0.3, 0.4) is 0 Å². The van der Waals surface area contributed by atoms with Crippen LogP contribution in [0.25, 0.3) is 4.91 Å². The molecule has 1 heterocycles. The summed E-state index contributed by atoms with van der Waals surface area (Å²) in [5.74, 6) is 0.777. The van der Waals surface area contributed by atoms with E-state index in [0.717, 1.165) is 11.3 Å². The fourth-order valence-electron chi connectivity index (χ4n) is 2.09. The van der Waals surface area contributed by atoms with Crippen molar-refractivity contribution in [3.05, 3.63) is 49.2 Å². The second-order valence-electron chi connectivity index (χ2n) is 4.50. The molecule has 1 unspecified atom stereocenters. The van der Waals surface area contributed by atoms with Crippen LogP contribution in [0.15, 0.2) is 24.3 Å². The van der Waals surface area contributed by atoms with E-state index in [1.807, 2.05) is 24.3 Å². The van der Waals surface area contributed by atoms with Crippen molar-refractivity contribution in [3.8, 4) is 5.75 Å². The van der Waals surface area contributed by atoms with Crippen molar-refractivity contribution in [1.82, 2.24) is 0 Å². The van der Waals surface area contributed by atoms with Crippen LogP contribution < -0.4 is 4.74 Å². The molecule has 0 bridgehead atoms. The first kappa shape index (κ1) is 25.1. The van der Waals surface area contributed by atoms with E-state index < -0.39 is 11.1 Å². The Hall–Kier alpha value is -1.13. The van der Waals surface area contributed by atoms with Crippen LogP contribution in [0.1, 0.15) is 37.7 Å². The molecule has 0 N–H and O–H groups in total.